The van der Waals surface area contributed by atoms with Crippen LogP contribution in [-0.2, 0) is 14.8 Å². The number of benzene rings is 2. The van der Waals surface area contributed by atoms with Gasteiger partial charge in [-0.1, -0.05) is 29.8 Å². The molecule has 4 rings (SSSR count). The molecule has 1 saturated heterocycles. The smallest absolute Gasteiger partial charge is 0.243 e. The Labute approximate surface area is 220 Å². The lowest BCUT2D eigenvalue weighted by Crippen LogP contribution is -2.50. The van der Waals surface area contributed by atoms with Gasteiger partial charge in [0.25, 0.3) is 0 Å². The minimum Gasteiger partial charge on any atom is -0.344 e. The third-order valence-electron chi connectivity index (χ3n) is 6.22. The summed E-state index contributed by atoms with van der Waals surface area (Å²) in [6.45, 7) is 2.52. The number of aryl methyl sites for hydroxylation is 1. The summed E-state index contributed by atoms with van der Waals surface area (Å²) in [7, 11) is -3.86. The van der Waals surface area contributed by atoms with Crippen molar-refractivity contribution in [2.75, 3.05) is 13.1 Å². The fourth-order valence-electron chi connectivity index (χ4n) is 4.30. The monoisotopic (exact) mass is 542 g/mol. The van der Waals surface area contributed by atoms with Gasteiger partial charge in [-0.25, -0.2) is 19.2 Å². The highest BCUT2D eigenvalue weighted by Crippen LogP contribution is 2.27. The second-order valence-corrected chi connectivity index (χ2v) is 11.8. The number of Topliss-reactive ketones (excluding diaryl/α,β-unsaturated/α-hetero) is 1. The third-order valence-corrected chi connectivity index (χ3v) is 9.19. The number of nitrogens with one attached hydrogen (secondary N) is 2. The van der Waals surface area contributed by atoms with E-state index in [1.807, 2.05) is 31.2 Å². The number of aromatic nitrogens is 1. The van der Waals surface area contributed by atoms with E-state index in [1.54, 1.807) is 24.3 Å². The lowest BCUT2D eigenvalue weighted by Gasteiger charge is -2.25. The Morgan fingerprint density at radius 1 is 1.24 bits per heavy atom. The Balaban J connectivity index is 1.53. The summed E-state index contributed by atoms with van der Waals surface area (Å²) in [6, 6.07) is 12.2. The zero-order valence-corrected chi connectivity index (χ0v) is 22.1. The second kappa shape index (κ2) is 11.9. The maximum absolute atomic E-state index is 13.4. The molecule has 2 aromatic carbocycles. The molecule has 1 fully saturated rings. The molecule has 2 heterocycles. The molecular formula is C25H30N6O4S2. The van der Waals surface area contributed by atoms with Gasteiger partial charge < -0.3 is 10.7 Å². The highest BCUT2D eigenvalue weighted by atomic mass is 32.2. The Morgan fingerprint density at radius 3 is 2.73 bits per heavy atom. The average molecular weight is 543 g/mol. The quantitative estimate of drug-likeness (QED) is 0.0842. The van der Waals surface area contributed by atoms with Gasteiger partial charge in [0.1, 0.15) is 6.04 Å². The highest BCUT2D eigenvalue weighted by Gasteiger charge is 2.40. The van der Waals surface area contributed by atoms with Crippen molar-refractivity contribution in [3.05, 3.63) is 59.1 Å². The van der Waals surface area contributed by atoms with Crippen molar-refractivity contribution in [3.8, 4) is 0 Å². The Morgan fingerprint density at radius 2 is 2.00 bits per heavy atom. The standard InChI is InChI=1S/C25H30N6O4S2/c1-17-10-12-18(13-11-17)37(34,35)31-15-5-8-21(31)24(33)29-20(7-4-14-27-16-28-26)23(32)25-30-19-6-2-3-9-22(19)36-25/h2-3,6,9-13,16,20-21H,4-5,7-8,14-15,26H2,1H3,(H,27,28)(H,29,33). The van der Waals surface area contributed by atoms with Gasteiger partial charge in [-0.3, -0.25) is 14.6 Å². The fourth-order valence-corrected chi connectivity index (χ4v) is 6.92. The highest BCUT2D eigenvalue weighted by molar-refractivity contribution is 7.89. The molecule has 10 nitrogen and oxygen atoms in total. The predicted octanol–water partition coefficient (Wildman–Crippen LogP) is 2.40. The number of hydrogen-bond donors (Lipinski definition) is 3. The van der Waals surface area contributed by atoms with Crippen molar-refractivity contribution >= 4 is 49.6 Å². The van der Waals surface area contributed by atoms with E-state index >= 15 is 0 Å². The number of nitrogens with two attached hydrogens (primary N) is 1. The van der Waals surface area contributed by atoms with Gasteiger partial charge in [-0.2, -0.15) is 4.31 Å². The number of rotatable bonds is 11. The fraction of sp³-hybridized carbons (Fsp3) is 0.360. The van der Waals surface area contributed by atoms with Crippen LogP contribution in [0.2, 0.25) is 0 Å². The second-order valence-electron chi connectivity index (χ2n) is 8.84. The number of nitrogens with zero attached hydrogens (tertiary/aromatic N) is 3. The van der Waals surface area contributed by atoms with Gasteiger partial charge >= 0.3 is 0 Å². The van der Waals surface area contributed by atoms with Gasteiger partial charge in [-0.05, 0) is 56.9 Å². The predicted molar refractivity (Wildman–Crippen MR) is 144 cm³/mol. The first-order chi connectivity index (χ1) is 17.8. The molecule has 4 N–H and O–H groups in total. The van der Waals surface area contributed by atoms with E-state index in [-0.39, 0.29) is 17.2 Å². The number of hydrogen-bond acceptors (Lipinski definition) is 8. The van der Waals surface area contributed by atoms with Crippen LogP contribution in [0, 0.1) is 6.92 Å². The van der Waals surface area contributed by atoms with Gasteiger partial charge in [0, 0.05) is 13.1 Å². The van der Waals surface area contributed by atoms with E-state index in [0.29, 0.717) is 42.8 Å². The van der Waals surface area contributed by atoms with Crippen LogP contribution in [0.15, 0.2) is 58.4 Å². The number of sulfonamides is 1. The van der Waals surface area contributed by atoms with E-state index in [2.05, 4.69) is 20.7 Å². The van der Waals surface area contributed by atoms with Crippen molar-refractivity contribution in [1.29, 1.82) is 0 Å². The summed E-state index contributed by atoms with van der Waals surface area (Å²) in [5.41, 5.74) is 3.98. The summed E-state index contributed by atoms with van der Waals surface area (Å²) in [4.78, 5) is 35.5. The Hall–Kier alpha value is -3.19. The number of thiazole rings is 1. The first kappa shape index (κ1) is 26.9. The molecule has 0 bridgehead atoms. The van der Waals surface area contributed by atoms with E-state index in [0.717, 1.165) is 10.3 Å². The lowest BCUT2D eigenvalue weighted by molar-refractivity contribution is -0.124. The van der Waals surface area contributed by atoms with Gasteiger partial charge in [-0.15, -0.1) is 11.3 Å². The molecule has 2 atom stereocenters. The average Bonchev–Trinajstić information content (AvgIpc) is 3.56. The summed E-state index contributed by atoms with van der Waals surface area (Å²) in [5, 5.41) is 3.14. The number of carbonyl (C=O) groups is 2. The topological polar surface area (TPSA) is 147 Å². The van der Waals surface area contributed by atoms with E-state index < -0.39 is 28.0 Å². The molecule has 1 amide bonds. The Kier molecular flexibility index (Phi) is 8.64. The largest absolute Gasteiger partial charge is 0.344 e. The number of aliphatic imine (C=N–C) groups is 1. The van der Waals surface area contributed by atoms with Crippen LogP contribution in [0.4, 0.5) is 0 Å². The molecule has 1 aliphatic heterocycles. The summed E-state index contributed by atoms with van der Waals surface area (Å²) < 4.78 is 28.7. The summed E-state index contributed by atoms with van der Waals surface area (Å²) in [5.74, 6) is 4.40. The molecule has 1 aliphatic rings. The minimum absolute atomic E-state index is 0.145. The molecule has 0 saturated carbocycles. The van der Waals surface area contributed by atoms with Crippen molar-refractivity contribution in [2.24, 2.45) is 10.8 Å². The normalized spacial score (nSPS) is 17.3. The lowest BCUT2D eigenvalue weighted by atomic mass is 10.1. The number of fused-ring (bicyclic) bond motifs is 1. The SMILES string of the molecule is Cc1ccc(S(=O)(=O)N2CCCC2C(=O)NC(CCCN=CNN)C(=O)c2nc3ccccc3s2)cc1. The van der Waals surface area contributed by atoms with Gasteiger partial charge in [0.2, 0.25) is 21.7 Å². The minimum atomic E-state index is -3.86. The van der Waals surface area contributed by atoms with Crippen LogP contribution in [0.1, 0.15) is 41.0 Å². The molecule has 2 unspecified atom stereocenters. The summed E-state index contributed by atoms with van der Waals surface area (Å²) >= 11 is 1.27. The number of carbonyl (C=O) groups excluding carboxylic acids is 2. The van der Waals surface area contributed by atoms with Crippen molar-refractivity contribution in [1.82, 2.24) is 20.0 Å². The maximum atomic E-state index is 13.4. The number of ketones is 1. The van der Waals surface area contributed by atoms with E-state index in [1.165, 1.54) is 22.0 Å². The van der Waals surface area contributed by atoms with Crippen LogP contribution >= 0.6 is 11.3 Å². The van der Waals surface area contributed by atoms with E-state index in [9.17, 15) is 18.0 Å². The van der Waals surface area contributed by atoms with Gasteiger partial charge in [0.05, 0.1) is 27.5 Å². The summed E-state index contributed by atoms with van der Waals surface area (Å²) in [6.07, 6.45) is 3.12. The molecule has 1 aromatic heterocycles. The molecule has 37 heavy (non-hydrogen) atoms. The zero-order valence-electron chi connectivity index (χ0n) is 20.5. The first-order valence-electron chi connectivity index (χ1n) is 12.0. The molecular weight excluding hydrogens is 512 g/mol. The van der Waals surface area contributed by atoms with Crippen LogP contribution in [0.25, 0.3) is 10.2 Å². The number of hydrazine groups is 1. The number of amides is 1. The van der Waals surface area contributed by atoms with Crippen molar-refractivity contribution < 1.29 is 18.0 Å². The zero-order chi connectivity index (χ0) is 26.4. The van der Waals surface area contributed by atoms with Crippen LogP contribution < -0.4 is 16.6 Å². The molecule has 3 aromatic rings. The number of para-hydroxylation sites is 1. The van der Waals surface area contributed by atoms with Crippen molar-refractivity contribution in [2.45, 2.75) is 49.6 Å². The molecule has 0 radical (unpaired) electrons. The molecule has 196 valence electrons. The first-order valence-corrected chi connectivity index (χ1v) is 14.3. The molecule has 12 heteroatoms. The molecule has 0 spiro atoms. The molecule has 0 aliphatic carbocycles. The van der Waals surface area contributed by atoms with Crippen molar-refractivity contribution in [3.63, 3.8) is 0 Å². The van der Waals surface area contributed by atoms with E-state index in [4.69, 9.17) is 5.84 Å². The van der Waals surface area contributed by atoms with Crippen LogP contribution in [0.5, 0.6) is 0 Å². The maximum Gasteiger partial charge on any atom is 0.243 e. The van der Waals surface area contributed by atoms with Crippen LogP contribution in [-0.4, -0.2) is 60.9 Å². The Bertz CT molecular complexity index is 1350. The third kappa shape index (κ3) is 6.21. The van der Waals surface area contributed by atoms with Gasteiger partial charge in [0.15, 0.2) is 5.01 Å². The van der Waals surface area contributed by atoms with Crippen LogP contribution in [0.3, 0.4) is 0 Å².